The monoisotopic (exact) mass is 150 g/mol. The van der Waals surface area contributed by atoms with Gasteiger partial charge in [-0.1, -0.05) is 29.6 Å². The van der Waals surface area contributed by atoms with Crippen LogP contribution in [0.4, 0.5) is 4.39 Å². The first kappa shape index (κ1) is 8.07. The molecule has 0 unspecified atom stereocenters. The summed E-state index contributed by atoms with van der Waals surface area (Å²) in [6.07, 6.45) is 3.34. The molecule has 0 bridgehead atoms. The van der Waals surface area contributed by atoms with Crippen molar-refractivity contribution in [2.24, 2.45) is 0 Å². The smallest absolute Gasteiger partial charge is 0.181 e. The standard InChI is InChI=1S/C10H11F/c1-8-4-3-5-10(11)9(2)7-6-8/h6-7,10H,4H2,1-2H3/b8-6-,9-7-/t10-/m0/s1. The zero-order valence-corrected chi connectivity index (χ0v) is 6.82. The Morgan fingerprint density at radius 1 is 1.45 bits per heavy atom. The van der Waals surface area contributed by atoms with Gasteiger partial charge in [-0.2, -0.15) is 0 Å². The summed E-state index contributed by atoms with van der Waals surface area (Å²) in [6, 6.07) is 0. The van der Waals surface area contributed by atoms with Crippen LogP contribution in [0.5, 0.6) is 0 Å². The molecule has 58 valence electrons. The molecule has 0 amide bonds. The van der Waals surface area contributed by atoms with Crippen LogP contribution in [0.25, 0.3) is 0 Å². The molecule has 0 saturated carbocycles. The molecule has 0 saturated heterocycles. The van der Waals surface area contributed by atoms with Crippen LogP contribution >= 0.6 is 0 Å². The van der Waals surface area contributed by atoms with Crippen LogP contribution < -0.4 is 0 Å². The fourth-order valence-electron chi connectivity index (χ4n) is 0.811. The number of hydrogen-bond acceptors (Lipinski definition) is 0. The lowest BCUT2D eigenvalue weighted by Gasteiger charge is -2.02. The van der Waals surface area contributed by atoms with Crippen LogP contribution in [0.1, 0.15) is 20.3 Å². The minimum Gasteiger partial charge on any atom is -0.228 e. The molecule has 0 aromatic carbocycles. The van der Waals surface area contributed by atoms with Gasteiger partial charge in [0.25, 0.3) is 0 Å². The van der Waals surface area contributed by atoms with Crippen molar-refractivity contribution in [3.63, 3.8) is 0 Å². The first-order valence-corrected chi connectivity index (χ1v) is 3.66. The molecule has 1 heteroatoms. The summed E-state index contributed by atoms with van der Waals surface area (Å²) >= 11 is 0. The fraction of sp³-hybridized carbons (Fsp3) is 0.400. The number of alkyl halides is 1. The van der Waals surface area contributed by atoms with Crippen molar-refractivity contribution < 1.29 is 4.39 Å². The molecule has 0 aromatic heterocycles. The van der Waals surface area contributed by atoms with Crippen molar-refractivity contribution in [1.82, 2.24) is 0 Å². The first-order chi connectivity index (χ1) is 5.20. The minimum atomic E-state index is -1.07. The first-order valence-electron chi connectivity index (χ1n) is 3.66. The fourth-order valence-corrected chi connectivity index (χ4v) is 0.811. The van der Waals surface area contributed by atoms with E-state index in [2.05, 4.69) is 11.8 Å². The van der Waals surface area contributed by atoms with Crippen molar-refractivity contribution in [2.45, 2.75) is 26.4 Å². The Morgan fingerprint density at radius 2 is 2.18 bits per heavy atom. The molecule has 0 aliphatic heterocycles. The Labute approximate surface area is 66.8 Å². The van der Waals surface area contributed by atoms with E-state index in [1.54, 1.807) is 13.0 Å². The Morgan fingerprint density at radius 3 is 2.91 bits per heavy atom. The highest BCUT2D eigenvalue weighted by Crippen LogP contribution is 2.10. The van der Waals surface area contributed by atoms with Crippen LogP contribution in [-0.2, 0) is 0 Å². The van der Waals surface area contributed by atoms with Gasteiger partial charge in [-0.25, -0.2) is 4.39 Å². The van der Waals surface area contributed by atoms with Crippen molar-refractivity contribution in [1.29, 1.82) is 0 Å². The lowest BCUT2D eigenvalue weighted by molar-refractivity contribution is 0.462. The molecule has 0 nitrogen and oxygen atoms in total. The van der Waals surface area contributed by atoms with Crippen LogP contribution in [-0.4, -0.2) is 6.17 Å². The van der Waals surface area contributed by atoms with Crippen molar-refractivity contribution in [3.05, 3.63) is 23.3 Å². The molecule has 1 atom stereocenters. The Hall–Kier alpha value is -1.03. The van der Waals surface area contributed by atoms with Crippen LogP contribution in [0.15, 0.2) is 23.3 Å². The van der Waals surface area contributed by atoms with Gasteiger partial charge in [0, 0.05) is 6.42 Å². The predicted octanol–water partition coefficient (Wildman–Crippen LogP) is 2.62. The molecular formula is C10H11F. The van der Waals surface area contributed by atoms with Gasteiger partial charge in [0.1, 0.15) is 0 Å². The molecule has 11 heavy (non-hydrogen) atoms. The van der Waals surface area contributed by atoms with E-state index in [0.29, 0.717) is 12.0 Å². The summed E-state index contributed by atoms with van der Waals surface area (Å²) in [5.41, 5.74) is 1.88. The molecule has 0 aromatic rings. The second-order valence-electron chi connectivity index (χ2n) is 2.78. The summed E-state index contributed by atoms with van der Waals surface area (Å²) in [5, 5.41) is 0. The summed E-state index contributed by atoms with van der Waals surface area (Å²) in [6.45, 7) is 3.76. The number of allylic oxidation sites excluding steroid dienone is 4. The quantitative estimate of drug-likeness (QED) is 0.466. The molecule has 1 aliphatic carbocycles. The van der Waals surface area contributed by atoms with Gasteiger partial charge in [0.2, 0.25) is 0 Å². The van der Waals surface area contributed by atoms with Crippen LogP contribution in [0, 0.1) is 11.8 Å². The number of hydrogen-bond donors (Lipinski definition) is 0. The van der Waals surface area contributed by atoms with E-state index in [1.165, 1.54) is 5.57 Å². The van der Waals surface area contributed by atoms with E-state index in [1.807, 2.05) is 13.0 Å². The third-order valence-corrected chi connectivity index (χ3v) is 1.63. The topological polar surface area (TPSA) is 0 Å². The van der Waals surface area contributed by atoms with Gasteiger partial charge in [-0.05, 0) is 19.4 Å². The maximum atomic E-state index is 12.9. The molecule has 0 spiro atoms. The molecule has 0 radical (unpaired) electrons. The zero-order valence-electron chi connectivity index (χ0n) is 6.82. The molecule has 0 fully saturated rings. The Bertz CT molecular complexity index is 260. The summed E-state index contributed by atoms with van der Waals surface area (Å²) < 4.78 is 12.9. The largest absolute Gasteiger partial charge is 0.228 e. The highest BCUT2D eigenvalue weighted by atomic mass is 19.1. The normalized spacial score (nSPS) is 33.2. The highest BCUT2D eigenvalue weighted by molar-refractivity contribution is 5.30. The zero-order chi connectivity index (χ0) is 8.27. The number of rotatable bonds is 0. The van der Waals surface area contributed by atoms with Crippen LogP contribution in [0.3, 0.4) is 0 Å². The molecule has 1 aliphatic rings. The Balaban J connectivity index is 2.90. The average Bonchev–Trinajstić information content (AvgIpc) is 1.98. The summed E-state index contributed by atoms with van der Waals surface area (Å²) in [5.74, 6) is 5.32. The summed E-state index contributed by atoms with van der Waals surface area (Å²) in [7, 11) is 0. The van der Waals surface area contributed by atoms with Gasteiger partial charge >= 0.3 is 0 Å². The predicted molar refractivity (Wildman–Crippen MR) is 44.8 cm³/mol. The Kier molecular flexibility index (Phi) is 2.48. The van der Waals surface area contributed by atoms with Crippen molar-refractivity contribution in [2.75, 3.05) is 0 Å². The lowest BCUT2D eigenvalue weighted by Crippen LogP contribution is -1.98. The van der Waals surface area contributed by atoms with Gasteiger partial charge in [0.05, 0.1) is 0 Å². The third kappa shape index (κ3) is 2.23. The molecular weight excluding hydrogens is 139 g/mol. The van der Waals surface area contributed by atoms with Gasteiger partial charge in [-0.3, -0.25) is 0 Å². The summed E-state index contributed by atoms with van der Waals surface area (Å²) in [4.78, 5) is 0. The molecule has 1 rings (SSSR count). The van der Waals surface area contributed by atoms with Crippen molar-refractivity contribution in [3.8, 4) is 11.8 Å². The second-order valence-corrected chi connectivity index (χ2v) is 2.78. The van der Waals surface area contributed by atoms with E-state index >= 15 is 0 Å². The molecule has 0 heterocycles. The maximum Gasteiger partial charge on any atom is 0.181 e. The van der Waals surface area contributed by atoms with Crippen molar-refractivity contribution >= 4 is 0 Å². The van der Waals surface area contributed by atoms with Gasteiger partial charge in [-0.15, -0.1) is 0 Å². The van der Waals surface area contributed by atoms with E-state index < -0.39 is 6.17 Å². The lowest BCUT2D eigenvalue weighted by atomic mass is 10.1. The van der Waals surface area contributed by atoms with E-state index in [4.69, 9.17) is 0 Å². The van der Waals surface area contributed by atoms with E-state index in [0.717, 1.165) is 0 Å². The average molecular weight is 150 g/mol. The molecule has 0 N–H and O–H groups in total. The maximum absolute atomic E-state index is 12.9. The van der Waals surface area contributed by atoms with Gasteiger partial charge < -0.3 is 0 Å². The van der Waals surface area contributed by atoms with Crippen LogP contribution in [0.2, 0.25) is 0 Å². The second kappa shape index (κ2) is 3.39. The highest BCUT2D eigenvalue weighted by Gasteiger charge is 2.03. The SMILES string of the molecule is C/C1=C/C=C(/C)[C@@H](F)C#CC1. The van der Waals surface area contributed by atoms with Gasteiger partial charge in [0.15, 0.2) is 6.17 Å². The van der Waals surface area contributed by atoms with E-state index in [9.17, 15) is 4.39 Å². The minimum absolute atomic E-state index is 0.685. The van der Waals surface area contributed by atoms with E-state index in [-0.39, 0.29) is 0 Å². The number of halogens is 1. The third-order valence-electron chi connectivity index (χ3n) is 1.63.